The number of aryl methyl sites for hydroxylation is 2. The van der Waals surface area contributed by atoms with Gasteiger partial charge in [-0.15, -0.1) is 0 Å². The maximum Gasteiger partial charge on any atom is 0.308 e. The van der Waals surface area contributed by atoms with E-state index in [1.807, 2.05) is 0 Å². The average Bonchev–Trinajstić information content (AvgIpc) is 2.95. The van der Waals surface area contributed by atoms with Crippen molar-refractivity contribution in [2.75, 3.05) is 26.8 Å². The molecule has 1 heterocycles. The average molecular weight is 289 g/mol. The second-order valence-corrected chi connectivity index (χ2v) is 5.96. The molecule has 21 heavy (non-hydrogen) atoms. The van der Waals surface area contributed by atoms with Crippen molar-refractivity contribution in [2.45, 2.75) is 38.3 Å². The standard InChI is InChI=1S/C17H23NO3/c1-20-17(19)10-16-12-18(7-8-21-16)11-13-5-6-14-3-2-4-15(14)9-13/h5-6,9,16H,2-4,7-8,10-12H2,1H3. The minimum absolute atomic E-state index is 0.0411. The molecule has 1 aromatic carbocycles. The SMILES string of the molecule is COC(=O)CC1CN(Cc2ccc3c(c2)CCC3)CCO1. The first-order valence-corrected chi connectivity index (χ1v) is 7.76. The number of nitrogens with zero attached hydrogens (tertiary/aromatic N) is 1. The molecule has 0 bridgehead atoms. The monoisotopic (exact) mass is 289 g/mol. The molecule has 1 aromatic rings. The van der Waals surface area contributed by atoms with E-state index in [1.54, 1.807) is 0 Å². The zero-order valence-electron chi connectivity index (χ0n) is 12.6. The Kier molecular flexibility index (Phi) is 4.56. The number of carbonyl (C=O) groups excluding carboxylic acids is 1. The summed E-state index contributed by atoms with van der Waals surface area (Å²) in [7, 11) is 1.42. The van der Waals surface area contributed by atoms with Gasteiger partial charge in [-0.3, -0.25) is 9.69 Å². The Morgan fingerprint density at radius 2 is 2.24 bits per heavy atom. The molecule has 1 aliphatic carbocycles. The third-order valence-corrected chi connectivity index (χ3v) is 4.41. The smallest absolute Gasteiger partial charge is 0.308 e. The first kappa shape index (κ1) is 14.5. The molecule has 0 radical (unpaired) electrons. The van der Waals surface area contributed by atoms with Crippen molar-refractivity contribution in [3.63, 3.8) is 0 Å². The Morgan fingerprint density at radius 1 is 1.38 bits per heavy atom. The molecule has 0 aromatic heterocycles. The molecule has 114 valence electrons. The maximum absolute atomic E-state index is 11.4. The van der Waals surface area contributed by atoms with Crippen LogP contribution in [-0.4, -0.2) is 43.8 Å². The number of hydrogen-bond acceptors (Lipinski definition) is 4. The van der Waals surface area contributed by atoms with E-state index >= 15 is 0 Å². The van der Waals surface area contributed by atoms with Gasteiger partial charge in [0.2, 0.25) is 0 Å². The van der Waals surface area contributed by atoms with Gasteiger partial charge in [0, 0.05) is 19.6 Å². The van der Waals surface area contributed by atoms with Crippen LogP contribution in [0.5, 0.6) is 0 Å². The van der Waals surface area contributed by atoms with Crippen LogP contribution in [0.4, 0.5) is 0 Å². The van der Waals surface area contributed by atoms with Crippen molar-refractivity contribution in [1.82, 2.24) is 4.90 Å². The fourth-order valence-corrected chi connectivity index (χ4v) is 3.30. The molecular formula is C17H23NO3. The molecule has 0 N–H and O–H groups in total. The van der Waals surface area contributed by atoms with E-state index in [9.17, 15) is 4.79 Å². The maximum atomic E-state index is 11.4. The number of esters is 1. The van der Waals surface area contributed by atoms with Gasteiger partial charge in [-0.25, -0.2) is 0 Å². The number of methoxy groups -OCH3 is 1. The molecule has 3 rings (SSSR count). The summed E-state index contributed by atoms with van der Waals surface area (Å²) in [6.07, 6.45) is 4.04. The van der Waals surface area contributed by atoms with Crippen LogP contribution in [0.15, 0.2) is 18.2 Å². The van der Waals surface area contributed by atoms with Gasteiger partial charge in [-0.1, -0.05) is 18.2 Å². The van der Waals surface area contributed by atoms with Gasteiger partial charge in [0.25, 0.3) is 0 Å². The van der Waals surface area contributed by atoms with Gasteiger partial charge in [-0.2, -0.15) is 0 Å². The highest BCUT2D eigenvalue weighted by atomic mass is 16.5. The van der Waals surface area contributed by atoms with E-state index < -0.39 is 0 Å². The highest BCUT2D eigenvalue weighted by Gasteiger charge is 2.23. The number of carbonyl (C=O) groups is 1. The summed E-state index contributed by atoms with van der Waals surface area (Å²) in [5.74, 6) is -0.195. The molecule has 2 aliphatic rings. The predicted molar refractivity (Wildman–Crippen MR) is 80.1 cm³/mol. The van der Waals surface area contributed by atoms with Gasteiger partial charge < -0.3 is 9.47 Å². The van der Waals surface area contributed by atoms with E-state index in [-0.39, 0.29) is 12.1 Å². The summed E-state index contributed by atoms with van der Waals surface area (Å²) in [5.41, 5.74) is 4.41. The fraction of sp³-hybridized carbons (Fsp3) is 0.588. The molecule has 0 saturated carbocycles. The molecule has 1 fully saturated rings. The van der Waals surface area contributed by atoms with Gasteiger partial charge in [0.15, 0.2) is 0 Å². The van der Waals surface area contributed by atoms with Crippen LogP contribution in [0, 0.1) is 0 Å². The number of fused-ring (bicyclic) bond motifs is 1. The van der Waals surface area contributed by atoms with E-state index in [2.05, 4.69) is 23.1 Å². The van der Waals surface area contributed by atoms with Crippen LogP contribution in [0.3, 0.4) is 0 Å². The van der Waals surface area contributed by atoms with Crippen LogP contribution >= 0.6 is 0 Å². The minimum atomic E-state index is -0.195. The lowest BCUT2D eigenvalue weighted by Gasteiger charge is -2.32. The summed E-state index contributed by atoms with van der Waals surface area (Å²) in [6.45, 7) is 3.35. The lowest BCUT2D eigenvalue weighted by atomic mass is 10.1. The van der Waals surface area contributed by atoms with Crippen molar-refractivity contribution in [2.24, 2.45) is 0 Å². The number of benzene rings is 1. The van der Waals surface area contributed by atoms with Gasteiger partial charge in [0.05, 0.1) is 26.2 Å². The number of hydrogen-bond donors (Lipinski definition) is 0. The first-order valence-electron chi connectivity index (χ1n) is 7.76. The molecule has 0 spiro atoms. The Labute approximate surface area is 126 Å². The predicted octanol–water partition coefficient (Wildman–Crippen LogP) is 1.94. The topological polar surface area (TPSA) is 38.8 Å². The quantitative estimate of drug-likeness (QED) is 0.794. The molecule has 0 amide bonds. The lowest BCUT2D eigenvalue weighted by Crippen LogP contribution is -2.42. The molecule has 1 unspecified atom stereocenters. The summed E-state index contributed by atoms with van der Waals surface area (Å²) < 4.78 is 10.4. The number of ether oxygens (including phenoxy) is 2. The van der Waals surface area contributed by atoms with Crippen molar-refractivity contribution in [3.05, 3.63) is 34.9 Å². The second-order valence-electron chi connectivity index (χ2n) is 5.96. The van der Waals surface area contributed by atoms with Gasteiger partial charge in [0.1, 0.15) is 0 Å². The Hall–Kier alpha value is -1.39. The molecular weight excluding hydrogens is 266 g/mol. The Balaban J connectivity index is 1.58. The minimum Gasteiger partial charge on any atom is -0.469 e. The largest absolute Gasteiger partial charge is 0.469 e. The summed E-state index contributed by atoms with van der Waals surface area (Å²) in [4.78, 5) is 13.7. The highest BCUT2D eigenvalue weighted by molar-refractivity contribution is 5.69. The Bertz CT molecular complexity index is 515. The molecule has 1 aliphatic heterocycles. The van der Waals surface area contributed by atoms with E-state index in [1.165, 1.54) is 43.1 Å². The third-order valence-electron chi connectivity index (χ3n) is 4.41. The van der Waals surface area contributed by atoms with E-state index in [4.69, 9.17) is 9.47 Å². The molecule has 1 saturated heterocycles. The van der Waals surface area contributed by atoms with Crippen molar-refractivity contribution < 1.29 is 14.3 Å². The second kappa shape index (κ2) is 6.58. The van der Waals surface area contributed by atoms with E-state index in [0.717, 1.165) is 19.6 Å². The van der Waals surface area contributed by atoms with Gasteiger partial charge in [-0.05, 0) is 36.0 Å². The summed E-state index contributed by atoms with van der Waals surface area (Å²) in [6, 6.07) is 6.88. The molecule has 4 heteroatoms. The zero-order chi connectivity index (χ0) is 14.7. The van der Waals surface area contributed by atoms with E-state index in [0.29, 0.717) is 13.0 Å². The summed E-state index contributed by atoms with van der Waals surface area (Å²) in [5, 5.41) is 0. The Morgan fingerprint density at radius 3 is 3.10 bits per heavy atom. The number of morpholine rings is 1. The first-order chi connectivity index (χ1) is 10.2. The molecule has 4 nitrogen and oxygen atoms in total. The highest BCUT2D eigenvalue weighted by Crippen LogP contribution is 2.23. The zero-order valence-corrected chi connectivity index (χ0v) is 12.6. The van der Waals surface area contributed by atoms with Crippen LogP contribution in [0.2, 0.25) is 0 Å². The van der Waals surface area contributed by atoms with Crippen molar-refractivity contribution >= 4 is 5.97 Å². The van der Waals surface area contributed by atoms with Crippen LogP contribution in [0.25, 0.3) is 0 Å². The fourth-order valence-electron chi connectivity index (χ4n) is 3.30. The third kappa shape index (κ3) is 3.63. The van der Waals surface area contributed by atoms with Crippen LogP contribution in [0.1, 0.15) is 29.5 Å². The van der Waals surface area contributed by atoms with Crippen LogP contribution < -0.4 is 0 Å². The van der Waals surface area contributed by atoms with Gasteiger partial charge >= 0.3 is 5.97 Å². The van der Waals surface area contributed by atoms with Crippen LogP contribution in [-0.2, 0) is 33.7 Å². The number of rotatable bonds is 4. The molecule has 1 atom stereocenters. The van der Waals surface area contributed by atoms with Crippen molar-refractivity contribution in [3.8, 4) is 0 Å². The van der Waals surface area contributed by atoms with Crippen molar-refractivity contribution in [1.29, 1.82) is 0 Å². The normalized spacial score (nSPS) is 22.0. The lowest BCUT2D eigenvalue weighted by molar-refractivity contribution is -0.145. The summed E-state index contributed by atoms with van der Waals surface area (Å²) >= 11 is 0.